The summed E-state index contributed by atoms with van der Waals surface area (Å²) in [6.45, 7) is 6.70. The number of hydrogen-bond donors (Lipinski definition) is 0. The Bertz CT molecular complexity index is 597. The molecule has 4 nitrogen and oxygen atoms in total. The Hall–Kier alpha value is -1.36. The zero-order valence-corrected chi connectivity index (χ0v) is 13.0. The second-order valence-electron chi connectivity index (χ2n) is 5.61. The first-order valence-electron chi connectivity index (χ1n) is 7.19. The maximum atomic E-state index is 5.90. The van der Waals surface area contributed by atoms with Gasteiger partial charge in [0.2, 0.25) is 0 Å². The van der Waals surface area contributed by atoms with Gasteiger partial charge in [0.05, 0.1) is 19.3 Å². The van der Waals surface area contributed by atoms with Gasteiger partial charge in [-0.25, -0.2) is 0 Å². The van der Waals surface area contributed by atoms with Gasteiger partial charge < -0.3 is 9.26 Å². The van der Waals surface area contributed by atoms with Gasteiger partial charge in [0.25, 0.3) is 0 Å². The maximum Gasteiger partial charge on any atom is 0.151 e. The molecule has 1 aliphatic rings. The fourth-order valence-electron chi connectivity index (χ4n) is 2.54. The third kappa shape index (κ3) is 3.46. The summed E-state index contributed by atoms with van der Waals surface area (Å²) in [5.74, 6) is 0.876. The monoisotopic (exact) mass is 306 g/mol. The molecule has 2 unspecified atom stereocenters. The van der Waals surface area contributed by atoms with Gasteiger partial charge in [-0.3, -0.25) is 4.90 Å². The first kappa shape index (κ1) is 14.6. The molecule has 21 heavy (non-hydrogen) atoms. The van der Waals surface area contributed by atoms with Crippen molar-refractivity contribution in [3.05, 3.63) is 41.1 Å². The summed E-state index contributed by atoms with van der Waals surface area (Å²) in [7, 11) is 0. The highest BCUT2D eigenvalue weighted by Crippen LogP contribution is 2.23. The number of nitrogens with zero attached hydrogens (tertiary/aromatic N) is 2. The number of hydrogen-bond acceptors (Lipinski definition) is 4. The van der Waals surface area contributed by atoms with E-state index in [1.807, 2.05) is 30.3 Å². The van der Waals surface area contributed by atoms with Gasteiger partial charge in [-0.15, -0.1) is 0 Å². The highest BCUT2D eigenvalue weighted by atomic mass is 35.5. The molecule has 2 aromatic rings. The van der Waals surface area contributed by atoms with Crippen molar-refractivity contribution in [1.29, 1.82) is 0 Å². The fourth-order valence-corrected chi connectivity index (χ4v) is 2.66. The van der Waals surface area contributed by atoms with Gasteiger partial charge in [-0.05, 0) is 26.0 Å². The molecule has 2 heterocycles. The predicted octanol–water partition coefficient (Wildman–Crippen LogP) is 3.60. The molecule has 0 aliphatic carbocycles. The second kappa shape index (κ2) is 6.18. The average Bonchev–Trinajstić information content (AvgIpc) is 2.92. The highest BCUT2D eigenvalue weighted by Gasteiger charge is 2.24. The lowest BCUT2D eigenvalue weighted by molar-refractivity contribution is -0.0550. The quantitative estimate of drug-likeness (QED) is 0.868. The lowest BCUT2D eigenvalue weighted by Crippen LogP contribution is -2.46. The van der Waals surface area contributed by atoms with Crippen LogP contribution in [-0.2, 0) is 11.3 Å². The van der Waals surface area contributed by atoms with Crippen LogP contribution in [-0.4, -0.2) is 35.4 Å². The fraction of sp³-hybridized carbons (Fsp3) is 0.438. The SMILES string of the molecule is CC1CN(Cc2cc(-c3ccc(Cl)cc3)no2)C(C)CO1. The molecule has 0 radical (unpaired) electrons. The van der Waals surface area contributed by atoms with Crippen LogP contribution in [0.4, 0.5) is 0 Å². The Morgan fingerprint density at radius 3 is 2.81 bits per heavy atom. The molecule has 0 spiro atoms. The van der Waals surface area contributed by atoms with Crippen molar-refractivity contribution in [1.82, 2.24) is 10.1 Å². The molecular formula is C16H19ClN2O2. The largest absolute Gasteiger partial charge is 0.376 e. The summed E-state index contributed by atoms with van der Waals surface area (Å²) in [5, 5.41) is 4.87. The summed E-state index contributed by atoms with van der Waals surface area (Å²) in [4.78, 5) is 2.36. The van der Waals surface area contributed by atoms with E-state index in [9.17, 15) is 0 Å². The minimum atomic E-state index is 0.264. The van der Waals surface area contributed by atoms with Crippen LogP contribution in [0.3, 0.4) is 0 Å². The Labute approximate surface area is 129 Å². The lowest BCUT2D eigenvalue weighted by atomic mass is 10.1. The summed E-state index contributed by atoms with van der Waals surface area (Å²) in [5.41, 5.74) is 1.86. The van der Waals surface area contributed by atoms with E-state index in [1.54, 1.807) is 0 Å². The molecule has 0 saturated carbocycles. The molecule has 0 N–H and O–H groups in total. The van der Waals surface area contributed by atoms with Gasteiger partial charge >= 0.3 is 0 Å². The maximum absolute atomic E-state index is 5.90. The van der Waals surface area contributed by atoms with Crippen LogP contribution in [0.15, 0.2) is 34.9 Å². The van der Waals surface area contributed by atoms with Crippen LogP contribution in [0.1, 0.15) is 19.6 Å². The van der Waals surface area contributed by atoms with Crippen molar-refractivity contribution in [3.63, 3.8) is 0 Å². The zero-order valence-electron chi connectivity index (χ0n) is 12.3. The van der Waals surface area contributed by atoms with Crippen LogP contribution < -0.4 is 0 Å². The molecule has 0 amide bonds. The second-order valence-corrected chi connectivity index (χ2v) is 6.04. The van der Waals surface area contributed by atoms with E-state index in [4.69, 9.17) is 20.9 Å². The van der Waals surface area contributed by atoms with Crippen molar-refractivity contribution in [2.75, 3.05) is 13.2 Å². The number of aromatic nitrogens is 1. The van der Waals surface area contributed by atoms with Crippen molar-refractivity contribution < 1.29 is 9.26 Å². The standard InChI is InChI=1S/C16H19ClN2O2/c1-11-10-20-12(2)8-19(11)9-15-7-16(18-21-15)13-3-5-14(17)6-4-13/h3-7,11-12H,8-10H2,1-2H3. The van der Waals surface area contributed by atoms with Gasteiger partial charge in [-0.1, -0.05) is 28.9 Å². The third-order valence-electron chi connectivity index (χ3n) is 3.79. The Kier molecular flexibility index (Phi) is 4.29. The molecule has 1 aliphatic heterocycles. The molecule has 0 bridgehead atoms. The molecule has 5 heteroatoms. The van der Waals surface area contributed by atoms with E-state index >= 15 is 0 Å². The average molecular weight is 307 g/mol. The molecule has 1 aromatic carbocycles. The van der Waals surface area contributed by atoms with Crippen molar-refractivity contribution in [2.45, 2.75) is 32.5 Å². The Morgan fingerprint density at radius 2 is 2.05 bits per heavy atom. The third-order valence-corrected chi connectivity index (χ3v) is 4.05. The molecule has 1 saturated heterocycles. The summed E-state index contributed by atoms with van der Waals surface area (Å²) < 4.78 is 11.1. The number of morpholine rings is 1. The highest BCUT2D eigenvalue weighted by molar-refractivity contribution is 6.30. The normalized spacial score (nSPS) is 23.4. The molecule has 112 valence electrons. The van der Waals surface area contributed by atoms with Crippen LogP contribution >= 0.6 is 11.6 Å². The number of rotatable bonds is 3. The van der Waals surface area contributed by atoms with Crippen molar-refractivity contribution in [3.8, 4) is 11.3 Å². The number of ether oxygens (including phenoxy) is 1. The Morgan fingerprint density at radius 1 is 1.29 bits per heavy atom. The minimum Gasteiger partial charge on any atom is -0.376 e. The van der Waals surface area contributed by atoms with Crippen LogP contribution in [0.25, 0.3) is 11.3 Å². The predicted molar refractivity (Wildman–Crippen MR) is 82.2 cm³/mol. The summed E-state index contributed by atoms with van der Waals surface area (Å²) in [6, 6.07) is 10.0. The number of halogens is 1. The lowest BCUT2D eigenvalue weighted by Gasteiger charge is -2.35. The van der Waals surface area contributed by atoms with Crippen molar-refractivity contribution >= 4 is 11.6 Å². The van der Waals surface area contributed by atoms with Gasteiger partial charge in [0.15, 0.2) is 5.76 Å². The summed E-state index contributed by atoms with van der Waals surface area (Å²) in [6.07, 6.45) is 0.264. The molecule has 3 rings (SSSR count). The molecule has 1 fully saturated rings. The van der Waals surface area contributed by atoms with Crippen molar-refractivity contribution in [2.24, 2.45) is 0 Å². The van der Waals surface area contributed by atoms with Crippen LogP contribution in [0.5, 0.6) is 0 Å². The van der Waals surface area contributed by atoms with E-state index < -0.39 is 0 Å². The van der Waals surface area contributed by atoms with E-state index in [0.29, 0.717) is 6.04 Å². The number of benzene rings is 1. The molecular weight excluding hydrogens is 288 g/mol. The first-order valence-corrected chi connectivity index (χ1v) is 7.57. The van der Waals surface area contributed by atoms with E-state index in [1.165, 1.54) is 0 Å². The minimum absolute atomic E-state index is 0.264. The van der Waals surface area contributed by atoms with Gasteiger partial charge in [0, 0.05) is 29.2 Å². The molecule has 2 atom stereocenters. The van der Waals surface area contributed by atoms with Gasteiger partial charge in [0.1, 0.15) is 5.69 Å². The van der Waals surface area contributed by atoms with Crippen LogP contribution in [0, 0.1) is 0 Å². The van der Waals surface area contributed by atoms with E-state index in [2.05, 4.69) is 23.9 Å². The topological polar surface area (TPSA) is 38.5 Å². The smallest absolute Gasteiger partial charge is 0.151 e. The Balaban J connectivity index is 1.71. The van der Waals surface area contributed by atoms with Crippen LogP contribution in [0.2, 0.25) is 5.02 Å². The van der Waals surface area contributed by atoms with Gasteiger partial charge in [-0.2, -0.15) is 0 Å². The zero-order chi connectivity index (χ0) is 14.8. The summed E-state index contributed by atoms with van der Waals surface area (Å²) >= 11 is 5.90. The van der Waals surface area contributed by atoms with E-state index in [-0.39, 0.29) is 6.10 Å². The molecule has 1 aromatic heterocycles. The van der Waals surface area contributed by atoms with E-state index in [0.717, 1.165) is 41.7 Å². The first-order chi connectivity index (χ1) is 10.1.